The summed E-state index contributed by atoms with van der Waals surface area (Å²) < 4.78 is 0. The summed E-state index contributed by atoms with van der Waals surface area (Å²) in [6, 6.07) is 7.54. The summed E-state index contributed by atoms with van der Waals surface area (Å²) in [5.41, 5.74) is 7.15. The number of hydrogen-bond acceptors (Lipinski definition) is 3. The van der Waals surface area contributed by atoms with Gasteiger partial charge in [-0.25, -0.2) is 0 Å². The fourth-order valence-electron chi connectivity index (χ4n) is 4.11. The number of nitrogen functional groups attached to an aromatic ring is 1. The lowest BCUT2D eigenvalue weighted by Gasteiger charge is -2.28. The van der Waals surface area contributed by atoms with Crippen LogP contribution in [0.1, 0.15) is 57.8 Å². The highest BCUT2D eigenvalue weighted by molar-refractivity contribution is 5.95. The minimum atomic E-state index is 0.00240. The summed E-state index contributed by atoms with van der Waals surface area (Å²) in [4.78, 5) is 24.6. The molecule has 1 aromatic carbocycles. The van der Waals surface area contributed by atoms with E-state index in [-0.39, 0.29) is 23.8 Å². The van der Waals surface area contributed by atoms with Gasteiger partial charge in [-0.05, 0) is 56.6 Å². The highest BCUT2D eigenvalue weighted by Gasteiger charge is 2.28. The molecule has 25 heavy (non-hydrogen) atoms. The van der Waals surface area contributed by atoms with E-state index in [1.807, 2.05) is 18.2 Å². The zero-order chi connectivity index (χ0) is 17.6. The van der Waals surface area contributed by atoms with E-state index in [0.717, 1.165) is 25.7 Å². The third-order valence-corrected chi connectivity index (χ3v) is 5.63. The van der Waals surface area contributed by atoms with Crippen molar-refractivity contribution in [3.05, 3.63) is 24.3 Å². The van der Waals surface area contributed by atoms with Gasteiger partial charge in [0.15, 0.2) is 0 Å². The van der Waals surface area contributed by atoms with Crippen molar-refractivity contribution in [2.45, 2.75) is 63.8 Å². The second kappa shape index (κ2) is 8.37. The minimum absolute atomic E-state index is 0.00240. The molecule has 5 heteroatoms. The molecule has 2 saturated carbocycles. The molecule has 0 saturated heterocycles. The van der Waals surface area contributed by atoms with E-state index in [0.29, 0.717) is 23.7 Å². The molecule has 0 aliphatic heterocycles. The largest absolute Gasteiger partial charge is 0.397 e. The third-order valence-electron chi connectivity index (χ3n) is 5.63. The standard InChI is InChI=1S/C20H29N3O2/c21-17-7-3-4-8-18(17)23-20(25)15-9-11-16(12-10-15)22-19(24)13-14-5-1-2-6-14/h3-4,7-8,14-16H,1-2,5-6,9-13,21H2,(H,22,24)(H,23,25). The van der Waals surface area contributed by atoms with Crippen molar-refractivity contribution in [2.24, 2.45) is 11.8 Å². The number of carbonyl (C=O) groups is 2. The summed E-state index contributed by atoms with van der Waals surface area (Å²) in [5, 5.41) is 6.11. The highest BCUT2D eigenvalue weighted by Crippen LogP contribution is 2.29. The van der Waals surface area contributed by atoms with Crippen LogP contribution >= 0.6 is 0 Å². The average Bonchev–Trinajstić information content (AvgIpc) is 3.10. The zero-order valence-corrected chi connectivity index (χ0v) is 14.8. The predicted molar refractivity (Wildman–Crippen MR) is 99.9 cm³/mol. The minimum Gasteiger partial charge on any atom is -0.397 e. The lowest BCUT2D eigenvalue weighted by Crippen LogP contribution is -2.40. The van der Waals surface area contributed by atoms with Gasteiger partial charge in [-0.2, -0.15) is 0 Å². The molecule has 0 heterocycles. The molecule has 0 radical (unpaired) electrons. The maximum atomic E-state index is 12.4. The van der Waals surface area contributed by atoms with Crippen molar-refractivity contribution in [1.82, 2.24) is 5.32 Å². The molecule has 136 valence electrons. The van der Waals surface area contributed by atoms with Gasteiger partial charge < -0.3 is 16.4 Å². The molecule has 2 aliphatic carbocycles. The topological polar surface area (TPSA) is 84.2 Å². The van der Waals surface area contributed by atoms with Crippen molar-refractivity contribution in [3.8, 4) is 0 Å². The first-order valence-electron chi connectivity index (χ1n) is 9.56. The Balaban J connectivity index is 1.41. The van der Waals surface area contributed by atoms with Crippen LogP contribution in [0.5, 0.6) is 0 Å². The van der Waals surface area contributed by atoms with Crippen molar-refractivity contribution in [2.75, 3.05) is 11.1 Å². The average molecular weight is 343 g/mol. The molecule has 0 bridgehead atoms. The second-order valence-corrected chi connectivity index (χ2v) is 7.55. The van der Waals surface area contributed by atoms with Gasteiger partial charge in [-0.1, -0.05) is 25.0 Å². The molecule has 3 rings (SSSR count). The molecule has 2 fully saturated rings. The molecule has 0 atom stereocenters. The first-order valence-corrected chi connectivity index (χ1v) is 9.56. The Bertz CT molecular complexity index is 603. The molecule has 0 unspecified atom stereocenters. The quantitative estimate of drug-likeness (QED) is 0.716. The molecule has 0 aromatic heterocycles. The number of nitrogens with two attached hydrogens (primary N) is 1. The van der Waals surface area contributed by atoms with Crippen LogP contribution in [-0.4, -0.2) is 17.9 Å². The van der Waals surface area contributed by atoms with Gasteiger partial charge in [0.25, 0.3) is 0 Å². The molecular weight excluding hydrogens is 314 g/mol. The van der Waals surface area contributed by atoms with Crippen molar-refractivity contribution >= 4 is 23.2 Å². The lowest BCUT2D eigenvalue weighted by molar-refractivity contribution is -0.123. The van der Waals surface area contributed by atoms with E-state index in [9.17, 15) is 9.59 Å². The third kappa shape index (κ3) is 4.97. The molecular formula is C20H29N3O2. The molecule has 0 spiro atoms. The molecule has 1 aromatic rings. The predicted octanol–water partition coefficient (Wildman–Crippen LogP) is 3.46. The van der Waals surface area contributed by atoms with Crippen LogP contribution in [0.25, 0.3) is 0 Å². The number of amides is 2. The van der Waals surface area contributed by atoms with Gasteiger partial charge in [-0.15, -0.1) is 0 Å². The van der Waals surface area contributed by atoms with Gasteiger partial charge >= 0.3 is 0 Å². The van der Waals surface area contributed by atoms with Crippen molar-refractivity contribution in [3.63, 3.8) is 0 Å². The van der Waals surface area contributed by atoms with Gasteiger partial charge in [-0.3, -0.25) is 9.59 Å². The number of rotatable bonds is 5. The smallest absolute Gasteiger partial charge is 0.227 e. The lowest BCUT2D eigenvalue weighted by atomic mass is 9.85. The van der Waals surface area contributed by atoms with E-state index < -0.39 is 0 Å². The van der Waals surface area contributed by atoms with Gasteiger partial charge in [0.1, 0.15) is 0 Å². The van der Waals surface area contributed by atoms with Crippen LogP contribution in [-0.2, 0) is 9.59 Å². The van der Waals surface area contributed by atoms with Crippen LogP contribution in [0.15, 0.2) is 24.3 Å². The number of hydrogen-bond donors (Lipinski definition) is 3. The fraction of sp³-hybridized carbons (Fsp3) is 0.600. The van der Waals surface area contributed by atoms with E-state index in [1.54, 1.807) is 6.07 Å². The van der Waals surface area contributed by atoms with Gasteiger partial charge in [0, 0.05) is 18.4 Å². The Kier molecular flexibility index (Phi) is 5.95. The summed E-state index contributed by atoms with van der Waals surface area (Å²) in [5.74, 6) is 0.812. The van der Waals surface area contributed by atoms with E-state index in [2.05, 4.69) is 10.6 Å². The van der Waals surface area contributed by atoms with Crippen LogP contribution in [0, 0.1) is 11.8 Å². The highest BCUT2D eigenvalue weighted by atomic mass is 16.2. The number of para-hydroxylation sites is 2. The van der Waals surface area contributed by atoms with Crippen molar-refractivity contribution < 1.29 is 9.59 Å². The Morgan fingerprint density at radius 3 is 2.36 bits per heavy atom. The Morgan fingerprint density at radius 1 is 1.00 bits per heavy atom. The summed E-state index contributed by atoms with van der Waals surface area (Å²) in [6.07, 6.45) is 8.98. The molecule has 5 nitrogen and oxygen atoms in total. The number of anilines is 2. The van der Waals surface area contributed by atoms with E-state index in [1.165, 1.54) is 25.7 Å². The van der Waals surface area contributed by atoms with E-state index >= 15 is 0 Å². The molecule has 2 amide bonds. The first kappa shape index (κ1) is 17.8. The Morgan fingerprint density at radius 2 is 1.68 bits per heavy atom. The van der Waals surface area contributed by atoms with Crippen LogP contribution in [0.3, 0.4) is 0 Å². The number of carbonyl (C=O) groups excluding carboxylic acids is 2. The maximum Gasteiger partial charge on any atom is 0.227 e. The van der Waals surface area contributed by atoms with Crippen LogP contribution in [0.4, 0.5) is 11.4 Å². The van der Waals surface area contributed by atoms with E-state index in [4.69, 9.17) is 5.73 Å². The number of nitrogens with one attached hydrogen (secondary N) is 2. The monoisotopic (exact) mass is 343 g/mol. The SMILES string of the molecule is Nc1ccccc1NC(=O)C1CCC(NC(=O)CC2CCCC2)CC1. The fourth-order valence-corrected chi connectivity index (χ4v) is 4.11. The summed E-state index contributed by atoms with van der Waals surface area (Å²) >= 11 is 0. The van der Waals surface area contributed by atoms with Crippen molar-refractivity contribution in [1.29, 1.82) is 0 Å². The maximum absolute atomic E-state index is 12.4. The Hall–Kier alpha value is -2.04. The first-order chi connectivity index (χ1) is 12.1. The van der Waals surface area contributed by atoms with Gasteiger partial charge in [0.2, 0.25) is 11.8 Å². The zero-order valence-electron chi connectivity index (χ0n) is 14.8. The normalized spacial score (nSPS) is 24.0. The Labute approximate surface area is 149 Å². The molecule has 2 aliphatic rings. The number of benzene rings is 1. The van der Waals surface area contributed by atoms with Crippen LogP contribution < -0.4 is 16.4 Å². The summed E-state index contributed by atoms with van der Waals surface area (Å²) in [7, 11) is 0. The summed E-state index contributed by atoms with van der Waals surface area (Å²) in [6.45, 7) is 0. The molecule has 4 N–H and O–H groups in total. The van der Waals surface area contributed by atoms with Crippen LogP contribution in [0.2, 0.25) is 0 Å². The van der Waals surface area contributed by atoms with Gasteiger partial charge in [0.05, 0.1) is 11.4 Å². The second-order valence-electron chi connectivity index (χ2n) is 7.55.